The van der Waals surface area contributed by atoms with E-state index in [1.165, 1.54) is 12.2 Å². The number of halogens is 2. The second-order valence-electron chi connectivity index (χ2n) is 14.3. The molecule has 1 N–H and O–H groups in total. The molecule has 5 aliphatic carbocycles. The maximum atomic E-state index is 17.9. The van der Waals surface area contributed by atoms with Crippen LogP contribution in [-0.2, 0) is 36.5 Å². The molecule has 0 aromatic rings. The first kappa shape index (κ1) is 31.1. The smallest absolute Gasteiger partial charge is 0.309 e. The van der Waals surface area contributed by atoms with Gasteiger partial charge in [0.1, 0.15) is 5.67 Å². The number of carbonyl (C=O) groups excluding carboxylic acids is 3. The van der Waals surface area contributed by atoms with Crippen LogP contribution in [0.5, 0.6) is 0 Å². The number of Topliss-reactive ketones (excluding diaryl/α,β-unsaturated/α-hetero) is 1. The van der Waals surface area contributed by atoms with Crippen LogP contribution < -0.4 is 0 Å². The Labute approximate surface area is 261 Å². The Bertz CT molecular complexity index is 1330. The number of carboxylic acid groups (broad SMARTS) is 1. The summed E-state index contributed by atoms with van der Waals surface area (Å²) < 4.78 is 48.5. The number of hydrogen-bond acceptors (Lipinski definition) is 8. The van der Waals surface area contributed by atoms with Gasteiger partial charge in [-0.3, -0.25) is 22.2 Å². The van der Waals surface area contributed by atoms with Crippen molar-refractivity contribution in [1.82, 2.24) is 0 Å². The van der Waals surface area contributed by atoms with Gasteiger partial charge in [-0.05, 0) is 96.1 Å². The number of carboxylic acids is 1. The molecule has 0 aromatic heterocycles. The molecule has 1 aliphatic heterocycles. The van der Waals surface area contributed by atoms with Crippen LogP contribution in [0.1, 0.15) is 79.1 Å². The number of rotatable bonds is 6. The van der Waals surface area contributed by atoms with Crippen LogP contribution in [0, 0.1) is 34.5 Å². The molecule has 0 aromatic carbocycles. The topological polar surface area (TPSA) is 133 Å². The number of ether oxygens (including phenoxy) is 3. The van der Waals surface area contributed by atoms with Crippen LogP contribution in [-0.4, -0.2) is 62.3 Å². The highest BCUT2D eigenvalue weighted by Crippen LogP contribution is 2.73. The average Bonchev–Trinajstić information content (AvgIpc) is 3.37. The highest BCUT2D eigenvalue weighted by Gasteiger charge is 2.80. The summed E-state index contributed by atoms with van der Waals surface area (Å²) in [6.45, 7) is 6.66. The number of carbonyl (C=O) groups is 4. The lowest BCUT2D eigenvalue weighted by Crippen LogP contribution is -2.68. The van der Waals surface area contributed by atoms with Crippen molar-refractivity contribution in [2.75, 3.05) is 6.61 Å². The van der Waals surface area contributed by atoms with Gasteiger partial charge in [0.15, 0.2) is 45.0 Å². The molecule has 0 bridgehead atoms. The van der Waals surface area contributed by atoms with Gasteiger partial charge in [0.05, 0.1) is 21.9 Å². The lowest BCUT2D eigenvalue weighted by Gasteiger charge is -2.62. The number of ketones is 2. The van der Waals surface area contributed by atoms with Crippen LogP contribution in [0.3, 0.4) is 0 Å². The van der Waals surface area contributed by atoms with Crippen LogP contribution in [0.25, 0.3) is 0 Å². The average molecular weight is 715 g/mol. The zero-order chi connectivity index (χ0) is 31.2. The largest absolute Gasteiger partial charge is 0.481 e. The molecule has 1 heterocycles. The minimum absolute atomic E-state index is 0.140. The monoisotopic (exact) mass is 714 g/mol. The van der Waals surface area contributed by atoms with Gasteiger partial charge in [-0.1, -0.05) is 18.6 Å². The third-order valence-corrected chi connectivity index (χ3v) is 13.8. The molecule has 6 rings (SSSR count). The fourth-order valence-electron chi connectivity index (χ4n) is 9.78. The van der Waals surface area contributed by atoms with E-state index in [9.17, 15) is 27.4 Å². The predicted octanol–water partition coefficient (Wildman–Crippen LogP) is 5.18. The van der Waals surface area contributed by atoms with E-state index in [-0.39, 0.29) is 18.1 Å². The van der Waals surface area contributed by atoms with E-state index in [0.29, 0.717) is 44.9 Å². The highest BCUT2D eigenvalue weighted by atomic mass is 127. The molecule has 0 radical (unpaired) electrons. The van der Waals surface area contributed by atoms with Crippen LogP contribution in [0.15, 0.2) is 23.8 Å². The summed E-state index contributed by atoms with van der Waals surface area (Å²) in [6, 6.07) is 0. The summed E-state index contributed by atoms with van der Waals surface area (Å²) in [5, 5.41) is 9.27. The number of esters is 1. The van der Waals surface area contributed by atoms with Crippen molar-refractivity contribution in [3.63, 3.8) is 0 Å². The Morgan fingerprint density at radius 1 is 1.07 bits per heavy atom. The van der Waals surface area contributed by atoms with E-state index in [0.717, 1.165) is 5.57 Å². The first-order valence-electron chi connectivity index (χ1n) is 15.3. The summed E-state index contributed by atoms with van der Waals surface area (Å²) in [5.74, 6) is -4.95. The zero-order valence-electron chi connectivity index (χ0n) is 25.0. The lowest BCUT2D eigenvalue weighted by atomic mass is 9.45. The maximum absolute atomic E-state index is 17.9. The van der Waals surface area contributed by atoms with Crippen molar-refractivity contribution in [1.29, 1.82) is 0 Å². The van der Waals surface area contributed by atoms with Crippen molar-refractivity contribution < 1.29 is 46.0 Å². The first-order chi connectivity index (χ1) is 20.1. The van der Waals surface area contributed by atoms with Crippen molar-refractivity contribution >= 4 is 44.7 Å². The second-order valence-corrected chi connectivity index (χ2v) is 16.3. The van der Waals surface area contributed by atoms with Crippen molar-refractivity contribution in [3.8, 4) is 0 Å². The van der Waals surface area contributed by atoms with Gasteiger partial charge < -0.3 is 19.3 Å². The second kappa shape index (κ2) is 10.3. The lowest BCUT2D eigenvalue weighted by molar-refractivity contribution is -0.223. The van der Waals surface area contributed by atoms with Gasteiger partial charge in [0.25, 0.3) is 0 Å². The Morgan fingerprint density at radius 2 is 1.74 bits per heavy atom. The minimum atomic E-state index is -1.87. The fourth-order valence-corrected chi connectivity index (χ4v) is 12.4. The number of fused-ring (bicyclic) bond motifs is 7. The Morgan fingerprint density at radius 3 is 2.40 bits per heavy atom. The molecule has 0 spiro atoms. The SMILES string of the molecule is CC1(C)O[C@@H]2C[C@H]3[C@@H]4CCC5=CC(=O)C=C[C@]5(C)[C@@]4(F)[C@@H](I=O)C[C@]3(C)[C@]2(C(=O)COC(=O)C2CCC(C(=O)O)CC2)O1. The number of alkyl halides is 2. The van der Waals surface area contributed by atoms with Crippen LogP contribution in [0.2, 0.25) is 0 Å². The molecule has 236 valence electrons. The summed E-state index contributed by atoms with van der Waals surface area (Å²) in [7, 11) is 0. The van der Waals surface area contributed by atoms with Crippen molar-refractivity contribution in [2.24, 2.45) is 34.5 Å². The van der Waals surface area contributed by atoms with E-state index >= 15 is 4.39 Å². The molecule has 6 aliphatic rings. The van der Waals surface area contributed by atoms with Crippen LogP contribution >= 0.6 is 21.2 Å². The van der Waals surface area contributed by atoms with Gasteiger partial charge >= 0.3 is 11.9 Å². The van der Waals surface area contributed by atoms with Gasteiger partial charge in [0.2, 0.25) is 5.78 Å². The van der Waals surface area contributed by atoms with E-state index in [1.54, 1.807) is 26.8 Å². The number of hydrogen-bond donors (Lipinski definition) is 1. The Kier molecular flexibility index (Phi) is 7.48. The first-order valence-corrected chi connectivity index (χ1v) is 17.4. The van der Waals surface area contributed by atoms with Gasteiger partial charge in [0, 0.05) is 10.8 Å². The van der Waals surface area contributed by atoms with Gasteiger partial charge in [-0.25, -0.2) is 4.39 Å². The van der Waals surface area contributed by atoms with Crippen molar-refractivity contribution in [3.05, 3.63) is 23.8 Å². The van der Waals surface area contributed by atoms with Gasteiger partial charge in [-0.2, -0.15) is 0 Å². The third kappa shape index (κ3) is 4.33. The van der Waals surface area contributed by atoms with E-state index < -0.39 is 101 Å². The quantitative estimate of drug-likeness (QED) is 0.225. The predicted molar refractivity (Wildman–Crippen MR) is 158 cm³/mol. The normalized spacial score (nSPS) is 46.2. The molecule has 9 nitrogen and oxygen atoms in total. The molecule has 0 amide bonds. The fraction of sp³-hybridized carbons (Fsp3) is 0.750. The van der Waals surface area contributed by atoms with Crippen molar-refractivity contribution in [2.45, 2.75) is 106 Å². The number of aliphatic carboxylic acids is 1. The summed E-state index contributed by atoms with van der Waals surface area (Å²) in [4.78, 5) is 50.8. The van der Waals surface area contributed by atoms with E-state index in [2.05, 4.69) is 0 Å². The molecule has 5 fully saturated rings. The minimum Gasteiger partial charge on any atom is -0.481 e. The van der Waals surface area contributed by atoms with Gasteiger partial charge in [-0.15, -0.1) is 0 Å². The molecule has 0 unspecified atom stereocenters. The van der Waals surface area contributed by atoms with Crippen LogP contribution in [0.4, 0.5) is 4.39 Å². The van der Waals surface area contributed by atoms with E-state index in [4.69, 9.17) is 14.2 Å². The molecular formula is C32H40FIO9. The standard InChI is InChI=1S/C32H40FIO9/c1-28(2)42-25-14-22-21-10-9-19-13-20(35)11-12-29(19,3)31(21,33)23(34-40)15-30(22,4)32(25,43-28)24(36)16-41-27(39)18-7-5-17(6-8-18)26(37)38/h11-13,17-18,21-23,25H,5-10,14-16H2,1-4H3,(H,37,38)/t17?,18?,21-,22-,23-,25+,29-,30-,31-,32+/m0/s1. The Balaban J connectivity index is 1.30. The molecular weight excluding hydrogens is 674 g/mol. The Hall–Kier alpha value is -1.86. The summed E-state index contributed by atoms with van der Waals surface area (Å²) in [6.07, 6.45) is 6.91. The molecule has 4 saturated carbocycles. The molecule has 43 heavy (non-hydrogen) atoms. The molecule has 1 saturated heterocycles. The summed E-state index contributed by atoms with van der Waals surface area (Å²) in [5.41, 5.74) is -4.67. The zero-order valence-corrected chi connectivity index (χ0v) is 27.2. The highest BCUT2D eigenvalue weighted by molar-refractivity contribution is 14.1. The maximum Gasteiger partial charge on any atom is 0.309 e. The number of allylic oxidation sites excluding steroid dienone is 4. The van der Waals surface area contributed by atoms with E-state index in [1.807, 2.05) is 6.92 Å². The molecule has 11 heteroatoms. The molecule has 8 atom stereocenters. The third-order valence-electron chi connectivity index (χ3n) is 11.9. The summed E-state index contributed by atoms with van der Waals surface area (Å²) >= 11 is -1.87.